The van der Waals surface area contributed by atoms with Gasteiger partial charge >= 0.3 is 0 Å². The molecule has 2 atom stereocenters. The Bertz CT molecular complexity index is 468. The highest BCUT2D eigenvalue weighted by atomic mass is 15.0. The van der Waals surface area contributed by atoms with Gasteiger partial charge in [0.05, 0.1) is 0 Å². The van der Waals surface area contributed by atoms with Crippen molar-refractivity contribution in [3.63, 3.8) is 0 Å². The second-order valence-corrected chi connectivity index (χ2v) is 7.16. The molecule has 2 aliphatic rings. The Kier molecular flexibility index (Phi) is 4.80. The van der Waals surface area contributed by atoms with Crippen LogP contribution in [0.4, 0.5) is 0 Å². The van der Waals surface area contributed by atoms with E-state index in [1.54, 1.807) is 5.57 Å². The molecule has 1 heteroatoms. The lowest BCUT2D eigenvalue weighted by Crippen LogP contribution is -2.33. The summed E-state index contributed by atoms with van der Waals surface area (Å²) >= 11 is 0. The normalized spacial score (nSPS) is 27.1. The standard InChI is InChI=1S/C20H29N/c1-15(2)18(13-16-9-5-3-6-10-16)19-14-20(19)21-17-11-7-4-8-12-17/h3,5-6,9-10,13,15,17,19-21H,4,7-8,11-12,14H2,1-2H3/b18-13+/t19-,20?/m0/s1. The smallest absolute Gasteiger partial charge is 0.0142 e. The minimum absolute atomic E-state index is 0.647. The van der Waals surface area contributed by atoms with Crippen molar-refractivity contribution in [1.29, 1.82) is 0 Å². The summed E-state index contributed by atoms with van der Waals surface area (Å²) in [6.45, 7) is 4.68. The maximum atomic E-state index is 3.92. The highest BCUT2D eigenvalue weighted by molar-refractivity contribution is 5.55. The summed E-state index contributed by atoms with van der Waals surface area (Å²) in [5.41, 5.74) is 2.99. The minimum Gasteiger partial charge on any atom is -0.311 e. The van der Waals surface area contributed by atoms with Crippen molar-refractivity contribution in [1.82, 2.24) is 5.32 Å². The van der Waals surface area contributed by atoms with E-state index in [-0.39, 0.29) is 0 Å². The van der Waals surface area contributed by atoms with Gasteiger partial charge in [0.2, 0.25) is 0 Å². The van der Waals surface area contributed by atoms with Gasteiger partial charge in [0.1, 0.15) is 0 Å². The van der Waals surface area contributed by atoms with E-state index >= 15 is 0 Å². The Morgan fingerprint density at radius 1 is 1.10 bits per heavy atom. The Morgan fingerprint density at radius 2 is 1.81 bits per heavy atom. The second-order valence-electron chi connectivity index (χ2n) is 7.16. The third-order valence-corrected chi connectivity index (χ3v) is 5.07. The first kappa shape index (κ1) is 14.8. The quantitative estimate of drug-likeness (QED) is 0.798. The van der Waals surface area contributed by atoms with Crippen molar-refractivity contribution in [2.75, 3.05) is 0 Å². The van der Waals surface area contributed by atoms with Crippen molar-refractivity contribution < 1.29 is 0 Å². The topological polar surface area (TPSA) is 12.0 Å². The van der Waals surface area contributed by atoms with E-state index < -0.39 is 0 Å². The molecule has 1 unspecified atom stereocenters. The zero-order chi connectivity index (χ0) is 14.7. The molecule has 2 fully saturated rings. The van der Waals surface area contributed by atoms with Gasteiger partial charge in [-0.25, -0.2) is 0 Å². The molecule has 114 valence electrons. The number of hydrogen-bond acceptors (Lipinski definition) is 1. The second kappa shape index (κ2) is 6.79. The van der Waals surface area contributed by atoms with Crippen LogP contribution in [-0.2, 0) is 0 Å². The van der Waals surface area contributed by atoms with Crippen LogP contribution in [0.25, 0.3) is 6.08 Å². The van der Waals surface area contributed by atoms with Crippen LogP contribution < -0.4 is 5.32 Å². The summed E-state index contributed by atoms with van der Waals surface area (Å²) in [6.07, 6.45) is 10.8. The van der Waals surface area contributed by atoms with E-state index in [0.717, 1.165) is 18.0 Å². The van der Waals surface area contributed by atoms with Crippen LogP contribution in [0.3, 0.4) is 0 Å². The average molecular weight is 283 g/mol. The Morgan fingerprint density at radius 3 is 2.48 bits per heavy atom. The van der Waals surface area contributed by atoms with Crippen LogP contribution in [0.2, 0.25) is 0 Å². The fraction of sp³-hybridized carbons (Fsp3) is 0.600. The summed E-state index contributed by atoms with van der Waals surface area (Å²) in [6, 6.07) is 12.3. The lowest BCUT2D eigenvalue weighted by Gasteiger charge is -2.23. The summed E-state index contributed by atoms with van der Waals surface area (Å²) < 4.78 is 0. The van der Waals surface area contributed by atoms with Gasteiger partial charge in [-0.1, -0.05) is 75.1 Å². The molecule has 1 N–H and O–H groups in total. The van der Waals surface area contributed by atoms with Crippen molar-refractivity contribution in [3.8, 4) is 0 Å². The third kappa shape index (κ3) is 3.97. The first-order chi connectivity index (χ1) is 10.2. The maximum absolute atomic E-state index is 3.92. The number of rotatable bonds is 5. The van der Waals surface area contributed by atoms with Gasteiger partial charge in [-0.2, -0.15) is 0 Å². The largest absolute Gasteiger partial charge is 0.311 e. The molecule has 3 rings (SSSR count). The predicted octanol–water partition coefficient (Wildman–Crippen LogP) is 5.04. The van der Waals surface area contributed by atoms with Gasteiger partial charge in [0.25, 0.3) is 0 Å². The summed E-state index contributed by atoms with van der Waals surface area (Å²) in [4.78, 5) is 0. The van der Waals surface area contributed by atoms with Crippen LogP contribution in [0.5, 0.6) is 0 Å². The van der Waals surface area contributed by atoms with E-state index in [9.17, 15) is 0 Å². The highest BCUT2D eigenvalue weighted by Crippen LogP contribution is 2.42. The Labute approximate surface area is 129 Å². The zero-order valence-electron chi connectivity index (χ0n) is 13.5. The lowest BCUT2D eigenvalue weighted by atomic mass is 9.94. The molecule has 0 aliphatic heterocycles. The highest BCUT2D eigenvalue weighted by Gasteiger charge is 2.41. The average Bonchev–Trinajstić information content (AvgIpc) is 3.25. The van der Waals surface area contributed by atoms with E-state index in [1.165, 1.54) is 44.1 Å². The maximum Gasteiger partial charge on any atom is 0.0142 e. The molecule has 1 aromatic rings. The summed E-state index contributed by atoms with van der Waals surface area (Å²) in [5, 5.41) is 3.92. The summed E-state index contributed by atoms with van der Waals surface area (Å²) in [5.74, 6) is 1.42. The van der Waals surface area contributed by atoms with Crippen LogP contribution in [0.1, 0.15) is 57.9 Å². The van der Waals surface area contributed by atoms with Gasteiger partial charge in [0.15, 0.2) is 0 Å². The lowest BCUT2D eigenvalue weighted by molar-refractivity contribution is 0.367. The van der Waals surface area contributed by atoms with E-state index in [2.05, 4.69) is 55.6 Å². The van der Waals surface area contributed by atoms with Gasteiger partial charge in [-0.15, -0.1) is 0 Å². The molecule has 0 saturated heterocycles. The minimum atomic E-state index is 0.647. The van der Waals surface area contributed by atoms with Gasteiger partial charge in [0, 0.05) is 12.1 Å². The molecule has 2 aliphatic carbocycles. The molecular weight excluding hydrogens is 254 g/mol. The van der Waals surface area contributed by atoms with Crippen molar-refractivity contribution in [3.05, 3.63) is 41.5 Å². The molecule has 1 aromatic carbocycles. The molecule has 0 heterocycles. The molecule has 0 aromatic heterocycles. The monoisotopic (exact) mass is 283 g/mol. The fourth-order valence-corrected chi connectivity index (χ4v) is 3.76. The van der Waals surface area contributed by atoms with Crippen molar-refractivity contribution in [2.45, 2.75) is 64.5 Å². The van der Waals surface area contributed by atoms with Crippen LogP contribution in [0, 0.1) is 11.8 Å². The van der Waals surface area contributed by atoms with Crippen molar-refractivity contribution >= 4 is 6.08 Å². The first-order valence-corrected chi connectivity index (χ1v) is 8.76. The van der Waals surface area contributed by atoms with Crippen LogP contribution >= 0.6 is 0 Å². The predicted molar refractivity (Wildman–Crippen MR) is 91.2 cm³/mol. The number of hydrogen-bond donors (Lipinski definition) is 1. The van der Waals surface area contributed by atoms with E-state index in [0.29, 0.717) is 5.92 Å². The fourth-order valence-electron chi connectivity index (χ4n) is 3.76. The molecule has 0 radical (unpaired) electrons. The summed E-state index contributed by atoms with van der Waals surface area (Å²) in [7, 11) is 0. The first-order valence-electron chi connectivity index (χ1n) is 8.76. The van der Waals surface area contributed by atoms with Gasteiger partial charge in [-0.05, 0) is 36.7 Å². The van der Waals surface area contributed by atoms with Gasteiger partial charge < -0.3 is 5.32 Å². The molecule has 2 saturated carbocycles. The molecule has 0 amide bonds. The van der Waals surface area contributed by atoms with Gasteiger partial charge in [-0.3, -0.25) is 0 Å². The molecule has 1 nitrogen and oxygen atoms in total. The van der Waals surface area contributed by atoms with Crippen LogP contribution in [0.15, 0.2) is 35.9 Å². The number of nitrogens with one attached hydrogen (secondary N) is 1. The van der Waals surface area contributed by atoms with E-state index in [4.69, 9.17) is 0 Å². The zero-order valence-corrected chi connectivity index (χ0v) is 13.5. The molecule has 0 bridgehead atoms. The molecule has 21 heavy (non-hydrogen) atoms. The van der Waals surface area contributed by atoms with E-state index in [1.807, 2.05) is 0 Å². The Balaban J connectivity index is 1.62. The van der Waals surface area contributed by atoms with Crippen LogP contribution in [-0.4, -0.2) is 12.1 Å². The third-order valence-electron chi connectivity index (χ3n) is 5.07. The van der Waals surface area contributed by atoms with Crippen molar-refractivity contribution in [2.24, 2.45) is 11.8 Å². The molecule has 0 spiro atoms. The SMILES string of the molecule is CC(C)/C(=C\c1ccccc1)[C@@H]1CC1NC1CCCCC1. The molecular formula is C20H29N. The number of benzene rings is 1. The Hall–Kier alpha value is -1.08.